The molecule has 0 saturated heterocycles. The van der Waals surface area contributed by atoms with Crippen molar-refractivity contribution in [2.24, 2.45) is 11.5 Å². The molecule has 0 heterocycles. The van der Waals surface area contributed by atoms with Gasteiger partial charge in [-0.25, -0.2) is 9.59 Å². The van der Waals surface area contributed by atoms with Gasteiger partial charge in [0.25, 0.3) is 0 Å². The average molecular weight is 2230 g/mol. The maximum absolute atomic E-state index is 14.1. The predicted octanol–water partition coefficient (Wildman–Crippen LogP) is 6.80. The number of carbonyl (C=O) groups is 7. The van der Waals surface area contributed by atoms with Crippen molar-refractivity contribution in [3.05, 3.63) is 112 Å². The molecule has 5 aromatic carbocycles. The van der Waals surface area contributed by atoms with Gasteiger partial charge in [0, 0.05) is 52.4 Å². The minimum atomic E-state index is -1.35. The standard InChI is InChI=1S/C100H153N5O39.C3H8.CH4.Na.Tc/c1-71-14-15-75(60-80(71)107)91(101)95(118)136-48-36-128-34-46-134-93-82(130-42-30-120-22-26-124-38-50-141-97(2,3)4)56-73(57-83(93)131-43-31-121-23-27-125-39-51-142-98(5,6)7)68-138-77-54-72(70-140-90(117)67-105(66-89(115)116)21-19-103(63-86(109)110)18-20-104(64-87(111)112)65-88(113)114)55-78(62-77)139-69-74-58-84(132-44-32-122-24-28-126-40-52-143-99(8,9)10)94(85(59-74)133-45-33-123-25-29-127-41-53-144-100(11,12)13)135-47-35-129-37-49-137-96(119)92(102)76-16-17-79(106)81(108)61-76;1-3-2;;;/h14-17,54-62,91-92,106-108H,18-53,63-70,101-102H2,1-13H3,(H,109,110)(H,111,112)(H,113,114)(H,115,116);3H2,1-2H3;1H4;;/q;;;+1;. The quantitative estimate of drug-likeness (QED) is 0.00635. The molecule has 44 nitrogen and oxygen atoms in total. The summed E-state index contributed by atoms with van der Waals surface area (Å²) >= 11 is 0. The number of nitrogens with two attached hydrogens (primary N) is 2. The second kappa shape index (κ2) is 79.1. The summed E-state index contributed by atoms with van der Waals surface area (Å²) in [5, 5.41) is 69.0. The van der Waals surface area contributed by atoms with Crippen LogP contribution in [0.2, 0.25) is 0 Å². The molecular weight excluding hydrogens is 2060 g/mol. The molecule has 150 heavy (non-hydrogen) atoms. The third kappa shape index (κ3) is 67.6. The number of ether oxygens (including phenoxy) is 25. The van der Waals surface area contributed by atoms with E-state index in [9.17, 15) is 69.3 Å². The number of carboxylic acids is 4. The van der Waals surface area contributed by atoms with Crippen molar-refractivity contribution in [2.45, 2.75) is 172 Å². The van der Waals surface area contributed by atoms with Crippen LogP contribution >= 0.6 is 0 Å². The Morgan fingerprint density at radius 2 is 0.567 bits per heavy atom. The van der Waals surface area contributed by atoms with E-state index in [-0.39, 0.29) is 340 Å². The molecule has 0 aliphatic heterocycles. The van der Waals surface area contributed by atoms with E-state index in [2.05, 4.69) is 13.8 Å². The Balaban J connectivity index is 0.0000185. The maximum atomic E-state index is 14.1. The van der Waals surface area contributed by atoms with Crippen molar-refractivity contribution in [3.8, 4) is 63.2 Å². The van der Waals surface area contributed by atoms with Crippen molar-refractivity contribution in [2.75, 3.05) is 270 Å². The largest absolute Gasteiger partial charge is 1.00 e. The Kier molecular flexibility index (Phi) is 73.3. The smallest absolute Gasteiger partial charge is 0.508 e. The Morgan fingerprint density at radius 3 is 0.867 bits per heavy atom. The molecule has 2 atom stereocenters. The average Bonchev–Trinajstić information content (AvgIpc) is 0.824. The minimum absolute atomic E-state index is 0. The van der Waals surface area contributed by atoms with Crippen molar-refractivity contribution in [1.82, 2.24) is 14.7 Å². The fourth-order valence-electron chi connectivity index (χ4n) is 12.6. The van der Waals surface area contributed by atoms with E-state index >= 15 is 0 Å². The molecule has 1 radical (unpaired) electrons. The van der Waals surface area contributed by atoms with Gasteiger partial charge in [-0.1, -0.05) is 45.9 Å². The normalized spacial score (nSPS) is 11.9. The van der Waals surface area contributed by atoms with Crippen LogP contribution in [0.4, 0.5) is 0 Å². The van der Waals surface area contributed by atoms with Crippen LogP contribution in [0.15, 0.2) is 78.9 Å². The molecule has 0 bridgehead atoms. The van der Waals surface area contributed by atoms with Gasteiger partial charge in [-0.15, -0.1) is 0 Å². The SMILES string of the molecule is C.CCC.Cc1ccc(C(N)C(=O)OCCOCCOc2c(OCCOCCOCCOC(C)(C)C)cc(COc3cc(COC(=O)CN(CCN(CCN(CC(=O)O)CC(=O)O)CC(=O)O)CC(=O)O)cc(OCc4cc(OCCOCCOCCOC(C)(C)C)c(OCCOCCOC(=O)C(N)c5ccc(O)c(O)c5)c(OCCOCCOCCOC(C)(C)C)c4)c3)cc2OCCOCCOCCOC(C)(C)C)cc1O.[Na+].[Tc]. The van der Waals surface area contributed by atoms with Crippen LogP contribution in [0.3, 0.4) is 0 Å². The molecule has 0 aliphatic rings. The summed E-state index contributed by atoms with van der Waals surface area (Å²) in [6.07, 6.45) is 1.25. The molecule has 46 heteroatoms. The third-order valence-electron chi connectivity index (χ3n) is 19.4. The molecule has 0 spiro atoms. The Labute approximate surface area is 917 Å². The molecule has 5 rings (SSSR count). The van der Waals surface area contributed by atoms with Crippen LogP contribution in [-0.4, -0.2) is 385 Å². The van der Waals surface area contributed by atoms with Crippen molar-refractivity contribution in [1.29, 1.82) is 0 Å². The number of aromatic hydroxyl groups is 3. The molecule has 5 aromatic rings. The van der Waals surface area contributed by atoms with E-state index in [1.54, 1.807) is 61.5 Å². The van der Waals surface area contributed by atoms with Gasteiger partial charge in [-0.2, -0.15) is 0 Å². The van der Waals surface area contributed by atoms with E-state index in [0.29, 0.717) is 75.1 Å². The minimum Gasteiger partial charge on any atom is -0.508 e. The molecule has 0 aliphatic carbocycles. The summed E-state index contributed by atoms with van der Waals surface area (Å²) in [5.74, 6) is -7.42. The van der Waals surface area contributed by atoms with Gasteiger partial charge in [-0.05, 0) is 178 Å². The number of carboxylic acid groups (broad SMARTS) is 4. The first-order chi connectivity index (χ1) is 69.9. The molecule has 0 fully saturated rings. The van der Waals surface area contributed by atoms with Crippen LogP contribution in [0, 0.1) is 6.92 Å². The fourth-order valence-corrected chi connectivity index (χ4v) is 12.6. The summed E-state index contributed by atoms with van der Waals surface area (Å²) in [7, 11) is 0. The number of nitrogens with zero attached hydrogens (tertiary/aromatic N) is 3. The van der Waals surface area contributed by atoms with E-state index in [1.165, 1.54) is 34.4 Å². The van der Waals surface area contributed by atoms with Crippen LogP contribution in [-0.2, 0) is 154 Å². The molecular formula is C104H165N5NaO39Tc+. The maximum Gasteiger partial charge on any atom is 1.00 e. The monoisotopic (exact) mass is 2230 g/mol. The molecule has 847 valence electrons. The topological polar surface area (TPSA) is 554 Å². The zero-order chi connectivity index (χ0) is 108. The van der Waals surface area contributed by atoms with Gasteiger partial charge in [-0.3, -0.25) is 38.7 Å². The summed E-state index contributed by atoms with van der Waals surface area (Å²) in [4.78, 5) is 91.4. The van der Waals surface area contributed by atoms with Gasteiger partial charge in [0.1, 0.15) is 102 Å². The number of phenolic OH excluding ortho intramolecular Hbond substituents is 3. The number of esters is 3. The van der Waals surface area contributed by atoms with Crippen LogP contribution in [0.25, 0.3) is 0 Å². The van der Waals surface area contributed by atoms with E-state index < -0.39 is 105 Å². The first kappa shape index (κ1) is 139. The number of benzene rings is 5. The number of carbonyl (C=O) groups excluding carboxylic acids is 3. The van der Waals surface area contributed by atoms with Crippen LogP contribution in [0.1, 0.15) is 156 Å². The fraction of sp³-hybridized carbons (Fsp3) is 0.644. The second-order valence-electron chi connectivity index (χ2n) is 37.0. The van der Waals surface area contributed by atoms with Gasteiger partial charge >= 0.3 is 71.3 Å². The van der Waals surface area contributed by atoms with Crippen molar-refractivity contribution in [3.63, 3.8) is 0 Å². The molecule has 0 saturated carbocycles. The Bertz CT molecular complexity index is 4230. The third-order valence-corrected chi connectivity index (χ3v) is 19.4. The van der Waals surface area contributed by atoms with Crippen LogP contribution in [0.5, 0.6) is 63.2 Å². The molecule has 0 amide bonds. The van der Waals surface area contributed by atoms with Gasteiger partial charge in [0.2, 0.25) is 11.5 Å². The zero-order valence-corrected chi connectivity index (χ0v) is 93.4. The van der Waals surface area contributed by atoms with Gasteiger partial charge < -0.3 is 166 Å². The zero-order valence-electron chi connectivity index (χ0n) is 89.5. The van der Waals surface area contributed by atoms with Crippen LogP contribution < -0.4 is 78.9 Å². The molecule has 0 aromatic heterocycles. The number of rotatable bonds is 82. The molecule has 11 N–H and O–H groups in total. The summed E-state index contributed by atoms with van der Waals surface area (Å²) in [6, 6.07) is 17.3. The number of phenols is 3. The first-order valence-electron chi connectivity index (χ1n) is 49.1. The van der Waals surface area contributed by atoms with E-state index in [4.69, 9.17) is 130 Å². The number of hydrogen-bond donors (Lipinski definition) is 9. The predicted molar refractivity (Wildman–Crippen MR) is 543 cm³/mol. The summed E-state index contributed by atoms with van der Waals surface area (Å²) in [5.41, 5.74) is 13.2. The number of aryl methyl sites for hydroxylation is 1. The van der Waals surface area contributed by atoms with Gasteiger partial charge in [0.05, 0.1) is 214 Å². The van der Waals surface area contributed by atoms with Gasteiger partial charge in [0.15, 0.2) is 34.5 Å². The van der Waals surface area contributed by atoms with E-state index in [0.717, 1.165) is 11.0 Å². The molecule has 2 unspecified atom stereocenters. The second-order valence-corrected chi connectivity index (χ2v) is 37.0. The summed E-state index contributed by atoms with van der Waals surface area (Å²) < 4.78 is 150. The summed E-state index contributed by atoms with van der Waals surface area (Å²) in [6.45, 7) is 28.5. The Hall–Kier alpha value is -8.92. The van der Waals surface area contributed by atoms with Crippen molar-refractivity contribution >= 4 is 41.8 Å². The van der Waals surface area contributed by atoms with Crippen molar-refractivity contribution < 1.29 is 237 Å². The first-order valence-corrected chi connectivity index (χ1v) is 49.1. The number of hydrogen-bond acceptors (Lipinski definition) is 40. The van der Waals surface area contributed by atoms with E-state index in [1.807, 2.05) is 83.1 Å². The number of aliphatic carboxylic acids is 4. The Morgan fingerprint density at radius 1 is 0.307 bits per heavy atom.